The quantitative estimate of drug-likeness (QED) is 0.709. The first-order chi connectivity index (χ1) is 7.89. The zero-order valence-electron chi connectivity index (χ0n) is 12.0. The second-order valence-electron chi connectivity index (χ2n) is 8.15. The van der Waals surface area contributed by atoms with Crippen molar-refractivity contribution in [1.29, 1.82) is 0 Å². The molecule has 0 amide bonds. The minimum atomic E-state index is 0.569. The first-order valence-corrected chi connectivity index (χ1v) is 7.52. The Morgan fingerprint density at radius 1 is 1.18 bits per heavy atom. The minimum absolute atomic E-state index is 0.569. The van der Waals surface area contributed by atoms with Crippen LogP contribution in [0.3, 0.4) is 0 Å². The minimum Gasteiger partial charge on any atom is -0.476 e. The molecular formula is C16H29N. The molecule has 6 atom stereocenters. The lowest BCUT2D eigenvalue weighted by molar-refractivity contribution is -0.659. The van der Waals surface area contributed by atoms with Crippen LogP contribution in [0.4, 0.5) is 0 Å². The Morgan fingerprint density at radius 2 is 1.88 bits per heavy atom. The average molecular weight is 235 g/mol. The zero-order valence-corrected chi connectivity index (χ0v) is 12.0. The summed E-state index contributed by atoms with van der Waals surface area (Å²) in [5.74, 6) is 3.90. The van der Waals surface area contributed by atoms with Crippen LogP contribution < -0.4 is 5.32 Å². The topological polar surface area (TPSA) is 16.6 Å². The highest BCUT2D eigenvalue weighted by molar-refractivity contribution is 5.13. The first-order valence-electron chi connectivity index (χ1n) is 7.52. The predicted molar refractivity (Wildman–Crippen MR) is 71.1 cm³/mol. The monoisotopic (exact) mass is 235 g/mol. The molecule has 4 bridgehead atoms. The van der Waals surface area contributed by atoms with E-state index in [1.54, 1.807) is 0 Å². The van der Waals surface area contributed by atoms with Crippen molar-refractivity contribution < 1.29 is 5.32 Å². The third kappa shape index (κ3) is 1.47. The number of nitrogens with two attached hydrogens (primary N) is 1. The summed E-state index contributed by atoms with van der Waals surface area (Å²) in [4.78, 5) is 0. The van der Waals surface area contributed by atoms with Crippen molar-refractivity contribution in [3.63, 3.8) is 0 Å². The third-order valence-electron chi connectivity index (χ3n) is 6.72. The Bertz CT molecular complexity index is 323. The summed E-state index contributed by atoms with van der Waals surface area (Å²) in [6.45, 7) is 10.0. The lowest BCUT2D eigenvalue weighted by Crippen LogP contribution is -2.89. The van der Waals surface area contributed by atoms with Crippen LogP contribution in [0.1, 0.15) is 53.4 Å². The average Bonchev–Trinajstić information content (AvgIpc) is 2.43. The van der Waals surface area contributed by atoms with E-state index in [2.05, 4.69) is 40.1 Å². The molecule has 4 rings (SSSR count). The van der Waals surface area contributed by atoms with Gasteiger partial charge in [-0.15, -0.1) is 0 Å². The van der Waals surface area contributed by atoms with E-state index in [9.17, 15) is 0 Å². The van der Waals surface area contributed by atoms with Crippen molar-refractivity contribution in [3.05, 3.63) is 7.05 Å². The summed E-state index contributed by atoms with van der Waals surface area (Å²) in [7, 11) is 4.10. The molecule has 2 N–H and O–H groups in total. The number of hydrogen-bond donors (Lipinski definition) is 1. The molecule has 1 nitrogen and oxygen atoms in total. The number of hydrogen-bond acceptors (Lipinski definition) is 0. The molecule has 98 valence electrons. The standard InChI is InChI=1S/C16H29N/c1-10(2)11-7-15(3)9-16(4)8-12(11)13(15)6-14(16)17-5/h10-14H,5-9,17H2,1-4H3/t11?,12?,13?,14-,15?,16?/m0/s1. The first kappa shape index (κ1) is 12.0. The molecule has 0 saturated heterocycles. The fraction of sp³-hybridized carbons (Fsp3) is 0.938. The lowest BCUT2D eigenvalue weighted by Gasteiger charge is -2.57. The van der Waals surface area contributed by atoms with E-state index in [0.717, 1.165) is 29.7 Å². The summed E-state index contributed by atoms with van der Waals surface area (Å²) >= 11 is 0. The van der Waals surface area contributed by atoms with Crippen molar-refractivity contribution in [2.75, 3.05) is 0 Å². The molecule has 4 fully saturated rings. The number of quaternary nitrogens is 1. The highest BCUT2D eigenvalue weighted by Gasteiger charge is 2.64. The van der Waals surface area contributed by atoms with Gasteiger partial charge in [-0.1, -0.05) is 27.7 Å². The lowest BCUT2D eigenvalue weighted by atomic mass is 9.49. The van der Waals surface area contributed by atoms with E-state index < -0.39 is 0 Å². The second kappa shape index (κ2) is 3.50. The van der Waals surface area contributed by atoms with Crippen LogP contribution in [0.5, 0.6) is 0 Å². The molecule has 0 aromatic heterocycles. The summed E-state index contributed by atoms with van der Waals surface area (Å²) in [5, 5.41) is 2.26. The Morgan fingerprint density at radius 3 is 2.41 bits per heavy atom. The SMILES string of the molecule is [CH2-][NH2+][C@H]1CC2C3CC1(C)CC2(C)CC3C(C)C. The van der Waals surface area contributed by atoms with E-state index in [1.165, 1.54) is 25.7 Å². The molecule has 4 aliphatic carbocycles. The van der Waals surface area contributed by atoms with Crippen LogP contribution in [0.15, 0.2) is 0 Å². The molecule has 0 spiro atoms. The Kier molecular flexibility index (Phi) is 2.47. The van der Waals surface area contributed by atoms with Crippen LogP contribution in [0.2, 0.25) is 0 Å². The number of fused-ring (bicyclic) bond motifs is 1. The van der Waals surface area contributed by atoms with Crippen molar-refractivity contribution in [2.45, 2.75) is 59.4 Å². The van der Waals surface area contributed by atoms with Crippen molar-refractivity contribution in [2.24, 2.45) is 34.5 Å². The van der Waals surface area contributed by atoms with Gasteiger partial charge in [0.15, 0.2) is 0 Å². The second-order valence-corrected chi connectivity index (χ2v) is 8.15. The zero-order chi connectivity index (χ0) is 12.4. The van der Waals surface area contributed by atoms with Crippen molar-refractivity contribution in [1.82, 2.24) is 0 Å². The molecular weight excluding hydrogens is 206 g/mol. The van der Waals surface area contributed by atoms with Gasteiger partial charge in [-0.05, 0) is 48.3 Å². The van der Waals surface area contributed by atoms with Gasteiger partial charge in [0.25, 0.3) is 0 Å². The molecule has 0 aromatic carbocycles. The largest absolute Gasteiger partial charge is 0.476 e. The van der Waals surface area contributed by atoms with E-state index in [1.807, 2.05) is 0 Å². The molecule has 0 aromatic rings. The highest BCUT2D eigenvalue weighted by Crippen LogP contribution is 2.69. The molecule has 0 aliphatic heterocycles. The van der Waals surface area contributed by atoms with E-state index in [0.29, 0.717) is 10.8 Å². The summed E-state index contributed by atoms with van der Waals surface area (Å²) in [6.07, 6.45) is 5.87. The van der Waals surface area contributed by atoms with Gasteiger partial charge >= 0.3 is 0 Å². The van der Waals surface area contributed by atoms with Crippen LogP contribution in [0.25, 0.3) is 0 Å². The Balaban J connectivity index is 1.94. The van der Waals surface area contributed by atoms with Crippen LogP contribution in [0, 0.1) is 41.5 Å². The molecule has 1 heteroatoms. The summed E-state index contributed by atoms with van der Waals surface area (Å²) in [6, 6.07) is 0.794. The molecule has 0 heterocycles. The maximum absolute atomic E-state index is 4.10. The molecule has 4 aliphatic rings. The van der Waals surface area contributed by atoms with Crippen molar-refractivity contribution in [3.8, 4) is 0 Å². The fourth-order valence-corrected chi connectivity index (χ4v) is 6.10. The van der Waals surface area contributed by atoms with E-state index in [-0.39, 0.29) is 0 Å². The van der Waals surface area contributed by atoms with E-state index in [4.69, 9.17) is 0 Å². The van der Waals surface area contributed by atoms with Gasteiger partial charge in [0.1, 0.15) is 0 Å². The van der Waals surface area contributed by atoms with Gasteiger partial charge in [-0.2, -0.15) is 7.05 Å². The van der Waals surface area contributed by atoms with Gasteiger partial charge in [0.05, 0.1) is 6.04 Å². The van der Waals surface area contributed by atoms with Gasteiger partial charge in [-0.3, -0.25) is 0 Å². The smallest absolute Gasteiger partial charge is 0.0677 e. The summed E-state index contributed by atoms with van der Waals surface area (Å²) < 4.78 is 0. The third-order valence-corrected chi connectivity index (χ3v) is 6.72. The van der Waals surface area contributed by atoms with Crippen LogP contribution >= 0.6 is 0 Å². The molecule has 5 unspecified atom stereocenters. The fourth-order valence-electron chi connectivity index (χ4n) is 6.10. The van der Waals surface area contributed by atoms with Crippen LogP contribution in [-0.4, -0.2) is 6.04 Å². The van der Waals surface area contributed by atoms with Crippen LogP contribution in [-0.2, 0) is 0 Å². The molecule has 4 saturated carbocycles. The normalized spacial score (nSPS) is 56.8. The van der Waals surface area contributed by atoms with Gasteiger partial charge in [0.2, 0.25) is 0 Å². The number of rotatable bonds is 2. The Labute approximate surface area is 107 Å². The van der Waals surface area contributed by atoms with Gasteiger partial charge < -0.3 is 5.32 Å². The molecule has 17 heavy (non-hydrogen) atoms. The maximum Gasteiger partial charge on any atom is 0.0677 e. The van der Waals surface area contributed by atoms with Crippen molar-refractivity contribution >= 4 is 0 Å². The molecule has 0 radical (unpaired) electrons. The predicted octanol–water partition coefficient (Wildman–Crippen LogP) is 2.83. The highest BCUT2D eigenvalue weighted by atomic mass is 14.9. The Hall–Kier alpha value is -0.0400. The maximum atomic E-state index is 4.10. The van der Waals surface area contributed by atoms with Gasteiger partial charge in [0, 0.05) is 11.8 Å². The summed E-state index contributed by atoms with van der Waals surface area (Å²) in [5.41, 5.74) is 1.23. The van der Waals surface area contributed by atoms with E-state index >= 15 is 0 Å². The van der Waals surface area contributed by atoms with Gasteiger partial charge in [-0.25, -0.2) is 0 Å².